The van der Waals surface area contributed by atoms with Crippen LogP contribution in [-0.4, -0.2) is 63.4 Å². The molecule has 0 amide bonds. The van der Waals surface area contributed by atoms with Gasteiger partial charge in [-0.2, -0.15) is 17.5 Å². The molecule has 11 heteroatoms. The van der Waals surface area contributed by atoms with Crippen molar-refractivity contribution in [3.05, 3.63) is 22.8 Å². The van der Waals surface area contributed by atoms with Gasteiger partial charge in [0.15, 0.2) is 0 Å². The largest absolute Gasteiger partial charge is 0.417 e. The second-order valence-corrected chi connectivity index (χ2v) is 8.07. The van der Waals surface area contributed by atoms with Gasteiger partial charge in [-0.1, -0.05) is 11.6 Å². The lowest BCUT2D eigenvalue weighted by Crippen LogP contribution is -2.49. The monoisotopic (exact) mass is 401 g/mol. The predicted octanol–water partition coefficient (Wildman–Crippen LogP) is 2.24. The number of rotatable bonds is 6. The Hall–Kier alpha value is -1.10. The molecule has 0 spiro atoms. The topological polar surface area (TPSA) is 62.7 Å². The second kappa shape index (κ2) is 8.07. The Morgan fingerprint density at radius 3 is 2.44 bits per heavy atom. The molecule has 2 heterocycles. The van der Waals surface area contributed by atoms with Gasteiger partial charge in [-0.15, -0.1) is 0 Å². The van der Waals surface area contributed by atoms with Crippen LogP contribution in [0.5, 0.6) is 0 Å². The number of nitrogens with zero attached hydrogens (tertiary/aromatic N) is 3. The molecule has 1 saturated heterocycles. The molecule has 1 aliphatic heterocycles. The summed E-state index contributed by atoms with van der Waals surface area (Å²) in [7, 11) is -1.87. The van der Waals surface area contributed by atoms with Gasteiger partial charge in [-0.05, 0) is 12.5 Å². The number of alkyl halides is 3. The molecule has 0 aliphatic carbocycles. The molecular formula is C14H19ClF3N3O3S. The van der Waals surface area contributed by atoms with Crippen molar-refractivity contribution in [2.45, 2.75) is 12.6 Å². The molecule has 2 rings (SSSR count). The maximum atomic E-state index is 12.7. The molecule has 1 fully saturated rings. The average Bonchev–Trinajstić information content (AvgIpc) is 2.54. The van der Waals surface area contributed by atoms with Crippen molar-refractivity contribution in [3.8, 4) is 0 Å². The highest BCUT2D eigenvalue weighted by Gasteiger charge is 2.33. The van der Waals surface area contributed by atoms with Crippen molar-refractivity contribution in [1.82, 2.24) is 9.29 Å². The number of aromatic nitrogens is 1. The Morgan fingerprint density at radius 2 is 1.92 bits per heavy atom. The Balaban J connectivity index is 2.00. The molecule has 25 heavy (non-hydrogen) atoms. The smallest absolute Gasteiger partial charge is 0.385 e. The summed E-state index contributed by atoms with van der Waals surface area (Å²) >= 11 is 5.93. The first-order valence-electron chi connectivity index (χ1n) is 7.59. The van der Waals surface area contributed by atoms with Crippen LogP contribution in [0.3, 0.4) is 0 Å². The van der Waals surface area contributed by atoms with Crippen LogP contribution in [-0.2, 0) is 20.9 Å². The van der Waals surface area contributed by atoms with Crippen molar-refractivity contribution >= 4 is 27.4 Å². The van der Waals surface area contributed by atoms with E-state index in [1.165, 1.54) is 11.4 Å². The summed E-state index contributed by atoms with van der Waals surface area (Å²) in [4.78, 5) is 5.49. The molecular weight excluding hydrogens is 383 g/mol. The highest BCUT2D eigenvalue weighted by Crippen LogP contribution is 2.33. The first-order valence-corrected chi connectivity index (χ1v) is 9.58. The molecule has 0 radical (unpaired) electrons. The average molecular weight is 402 g/mol. The summed E-state index contributed by atoms with van der Waals surface area (Å²) < 4.78 is 68.6. The Morgan fingerprint density at radius 1 is 1.28 bits per heavy atom. The molecule has 0 unspecified atom stereocenters. The number of piperazine rings is 1. The van der Waals surface area contributed by atoms with Crippen molar-refractivity contribution in [3.63, 3.8) is 0 Å². The minimum Gasteiger partial charge on any atom is -0.385 e. The molecule has 1 aromatic rings. The SMILES string of the molecule is COCCCS(=O)(=O)N1CCN(c2ncc(C(F)(F)F)cc2Cl)CC1. The van der Waals surface area contributed by atoms with Gasteiger partial charge in [0.2, 0.25) is 10.0 Å². The number of hydrogen-bond acceptors (Lipinski definition) is 5. The fraction of sp³-hybridized carbons (Fsp3) is 0.643. The Kier molecular flexibility index (Phi) is 6.52. The molecule has 0 N–H and O–H groups in total. The summed E-state index contributed by atoms with van der Waals surface area (Å²) in [6.45, 7) is 1.44. The molecule has 0 bridgehead atoms. The third-order valence-corrected chi connectivity index (χ3v) is 6.07. The normalized spacial score (nSPS) is 17.1. The van der Waals surface area contributed by atoms with E-state index >= 15 is 0 Å². The fourth-order valence-corrected chi connectivity index (χ4v) is 4.26. The van der Waals surface area contributed by atoms with Crippen LogP contribution in [0.2, 0.25) is 5.02 Å². The van der Waals surface area contributed by atoms with E-state index < -0.39 is 21.8 Å². The van der Waals surface area contributed by atoms with Crippen LogP contribution >= 0.6 is 11.6 Å². The van der Waals surface area contributed by atoms with Gasteiger partial charge in [0, 0.05) is 46.1 Å². The molecule has 0 saturated carbocycles. The number of hydrogen-bond donors (Lipinski definition) is 0. The van der Waals surface area contributed by atoms with E-state index in [1.807, 2.05) is 0 Å². The predicted molar refractivity (Wildman–Crippen MR) is 88.3 cm³/mol. The van der Waals surface area contributed by atoms with Crippen LogP contribution < -0.4 is 4.90 Å². The summed E-state index contributed by atoms with van der Waals surface area (Å²) in [5.74, 6) is 0.228. The van der Waals surface area contributed by atoms with Crippen LogP contribution in [0, 0.1) is 0 Å². The first-order chi connectivity index (χ1) is 11.6. The number of halogens is 4. The van der Waals surface area contributed by atoms with Crippen LogP contribution in [0.1, 0.15) is 12.0 Å². The minimum absolute atomic E-state index is 0.000125. The number of ether oxygens (including phenoxy) is 1. The van der Waals surface area contributed by atoms with Gasteiger partial charge < -0.3 is 9.64 Å². The van der Waals surface area contributed by atoms with Gasteiger partial charge in [0.05, 0.1) is 16.3 Å². The number of sulfonamides is 1. The zero-order chi connectivity index (χ0) is 18.7. The van der Waals surface area contributed by atoms with E-state index in [0.717, 1.165) is 12.3 Å². The highest BCUT2D eigenvalue weighted by atomic mass is 35.5. The van der Waals surface area contributed by atoms with Gasteiger partial charge >= 0.3 is 6.18 Å². The Labute approximate surface area is 149 Å². The van der Waals surface area contributed by atoms with Crippen molar-refractivity contribution in [2.75, 3.05) is 50.5 Å². The summed E-state index contributed by atoms with van der Waals surface area (Å²) in [5.41, 5.74) is -0.916. The minimum atomic E-state index is -4.51. The van der Waals surface area contributed by atoms with E-state index in [0.29, 0.717) is 26.1 Å². The molecule has 0 aromatic carbocycles. The van der Waals surface area contributed by atoms with E-state index in [-0.39, 0.29) is 29.7 Å². The van der Waals surface area contributed by atoms with Crippen molar-refractivity contribution < 1.29 is 26.3 Å². The maximum absolute atomic E-state index is 12.7. The fourth-order valence-electron chi connectivity index (χ4n) is 2.51. The van der Waals surface area contributed by atoms with Crippen LogP contribution in [0.4, 0.5) is 19.0 Å². The maximum Gasteiger partial charge on any atom is 0.417 e. The highest BCUT2D eigenvalue weighted by molar-refractivity contribution is 7.89. The lowest BCUT2D eigenvalue weighted by Gasteiger charge is -2.35. The Bertz CT molecular complexity index is 692. The molecule has 1 aliphatic rings. The van der Waals surface area contributed by atoms with Crippen molar-refractivity contribution in [2.24, 2.45) is 0 Å². The summed E-state index contributed by atoms with van der Waals surface area (Å²) in [5, 5.41) is -0.105. The van der Waals surface area contributed by atoms with E-state index in [1.54, 1.807) is 4.90 Å². The van der Waals surface area contributed by atoms with E-state index in [9.17, 15) is 21.6 Å². The van der Waals surface area contributed by atoms with Crippen molar-refractivity contribution in [1.29, 1.82) is 0 Å². The van der Waals surface area contributed by atoms with Gasteiger partial charge in [0.1, 0.15) is 5.82 Å². The van der Waals surface area contributed by atoms with Gasteiger partial charge in [0.25, 0.3) is 0 Å². The molecule has 1 aromatic heterocycles. The second-order valence-electron chi connectivity index (χ2n) is 5.58. The number of anilines is 1. The van der Waals surface area contributed by atoms with Gasteiger partial charge in [-0.3, -0.25) is 0 Å². The quantitative estimate of drug-likeness (QED) is 0.684. The third-order valence-electron chi connectivity index (χ3n) is 3.83. The van der Waals surface area contributed by atoms with Gasteiger partial charge in [-0.25, -0.2) is 13.4 Å². The van der Waals surface area contributed by atoms with Crippen LogP contribution in [0.15, 0.2) is 12.3 Å². The lowest BCUT2D eigenvalue weighted by atomic mass is 10.2. The van der Waals surface area contributed by atoms with E-state index in [4.69, 9.17) is 16.3 Å². The molecule has 0 atom stereocenters. The summed E-state index contributed by atoms with van der Waals surface area (Å²) in [6, 6.07) is 0.831. The third kappa shape index (κ3) is 5.19. The molecule has 142 valence electrons. The zero-order valence-electron chi connectivity index (χ0n) is 13.6. The van der Waals surface area contributed by atoms with Crippen LogP contribution in [0.25, 0.3) is 0 Å². The first kappa shape index (κ1) is 20.2. The number of pyridine rings is 1. The standard InChI is InChI=1S/C14H19ClF3N3O3S/c1-24-7-2-8-25(22,23)21-5-3-20(4-6-21)13-12(15)9-11(10-19-13)14(16,17)18/h9-10H,2-8H2,1H3. The lowest BCUT2D eigenvalue weighted by molar-refractivity contribution is -0.137. The molecule has 6 nitrogen and oxygen atoms in total. The number of methoxy groups -OCH3 is 1. The van der Waals surface area contributed by atoms with E-state index in [2.05, 4.69) is 4.98 Å². The zero-order valence-corrected chi connectivity index (χ0v) is 15.2. The summed E-state index contributed by atoms with van der Waals surface area (Å²) in [6.07, 6.45) is -3.37.